The van der Waals surface area contributed by atoms with E-state index in [1.54, 1.807) is 13.3 Å². The SMILES string of the molecule is CCC(=O)CCCCC[C@H](NC(=O)CN(C)C)c1ncc(-c2cc(OC)c3ccccc3n2)[nH]1. The highest BCUT2D eigenvalue weighted by atomic mass is 16.5. The van der Waals surface area contributed by atoms with E-state index in [9.17, 15) is 9.59 Å². The summed E-state index contributed by atoms with van der Waals surface area (Å²) in [5.74, 6) is 1.68. The Morgan fingerprint density at radius 1 is 1.18 bits per heavy atom. The highest BCUT2D eigenvalue weighted by molar-refractivity contribution is 5.87. The van der Waals surface area contributed by atoms with Gasteiger partial charge in [-0.1, -0.05) is 31.9 Å². The van der Waals surface area contributed by atoms with Crippen LogP contribution >= 0.6 is 0 Å². The Kier molecular flexibility index (Phi) is 9.16. The number of ketones is 1. The van der Waals surface area contributed by atoms with E-state index >= 15 is 0 Å². The van der Waals surface area contributed by atoms with Gasteiger partial charge in [0.2, 0.25) is 5.91 Å². The van der Waals surface area contributed by atoms with Gasteiger partial charge in [0.25, 0.3) is 0 Å². The van der Waals surface area contributed by atoms with E-state index in [4.69, 9.17) is 9.72 Å². The fourth-order valence-corrected chi connectivity index (χ4v) is 3.92. The fraction of sp³-hybridized carbons (Fsp3) is 0.462. The number of aromatic amines is 1. The van der Waals surface area contributed by atoms with Crippen LogP contribution < -0.4 is 10.1 Å². The van der Waals surface area contributed by atoms with Gasteiger partial charge in [0.1, 0.15) is 17.4 Å². The van der Waals surface area contributed by atoms with E-state index in [0.717, 1.165) is 53.7 Å². The van der Waals surface area contributed by atoms with Crippen molar-refractivity contribution in [3.8, 4) is 17.1 Å². The fourth-order valence-electron chi connectivity index (χ4n) is 3.92. The number of carbonyl (C=O) groups excluding carboxylic acids is 2. The number of pyridine rings is 1. The van der Waals surface area contributed by atoms with Crippen LogP contribution in [0.4, 0.5) is 0 Å². The summed E-state index contributed by atoms with van der Waals surface area (Å²) < 4.78 is 5.57. The van der Waals surface area contributed by atoms with Gasteiger partial charge in [-0.2, -0.15) is 0 Å². The minimum Gasteiger partial charge on any atom is -0.496 e. The van der Waals surface area contributed by atoms with Gasteiger partial charge in [-0.15, -0.1) is 0 Å². The number of imidazole rings is 1. The Balaban J connectivity index is 1.77. The summed E-state index contributed by atoms with van der Waals surface area (Å²) in [6, 6.07) is 9.48. The number of hydrogen-bond donors (Lipinski definition) is 2. The molecule has 34 heavy (non-hydrogen) atoms. The third-order valence-electron chi connectivity index (χ3n) is 5.74. The molecule has 1 atom stereocenters. The van der Waals surface area contributed by atoms with Crippen molar-refractivity contribution >= 4 is 22.6 Å². The molecule has 182 valence electrons. The van der Waals surface area contributed by atoms with Crippen LogP contribution in [0, 0.1) is 0 Å². The number of methoxy groups -OCH3 is 1. The van der Waals surface area contributed by atoms with Crippen LogP contribution in [0.1, 0.15) is 57.3 Å². The van der Waals surface area contributed by atoms with E-state index in [-0.39, 0.29) is 11.9 Å². The molecule has 0 radical (unpaired) electrons. The quantitative estimate of drug-likeness (QED) is 0.366. The Bertz CT molecular complexity index is 1110. The summed E-state index contributed by atoms with van der Waals surface area (Å²) in [5, 5.41) is 4.05. The van der Waals surface area contributed by atoms with Crippen molar-refractivity contribution in [2.75, 3.05) is 27.7 Å². The number of aromatic nitrogens is 3. The van der Waals surface area contributed by atoms with Crippen LogP contribution in [-0.4, -0.2) is 59.3 Å². The first-order valence-electron chi connectivity index (χ1n) is 11.9. The molecule has 0 spiro atoms. The van der Waals surface area contributed by atoms with Crippen molar-refractivity contribution < 1.29 is 14.3 Å². The van der Waals surface area contributed by atoms with Crippen LogP contribution in [0.3, 0.4) is 0 Å². The summed E-state index contributed by atoms with van der Waals surface area (Å²) in [7, 11) is 5.38. The number of H-pyrrole nitrogens is 1. The van der Waals surface area contributed by atoms with E-state index < -0.39 is 0 Å². The molecule has 0 aliphatic heterocycles. The monoisotopic (exact) mass is 465 g/mol. The first kappa shape index (κ1) is 25.4. The zero-order chi connectivity index (χ0) is 24.5. The first-order chi connectivity index (χ1) is 16.4. The summed E-state index contributed by atoms with van der Waals surface area (Å²) in [6.07, 6.45) is 6.39. The Labute approximate surface area is 201 Å². The minimum absolute atomic E-state index is 0.0559. The Hall–Kier alpha value is -3.26. The van der Waals surface area contributed by atoms with Crippen LogP contribution in [0.5, 0.6) is 5.75 Å². The molecule has 2 N–H and O–H groups in total. The van der Waals surface area contributed by atoms with Crippen molar-refractivity contribution in [1.82, 2.24) is 25.2 Å². The number of likely N-dealkylation sites (N-methyl/N-ethyl adjacent to an activating group) is 1. The number of rotatable bonds is 13. The zero-order valence-electron chi connectivity index (χ0n) is 20.6. The lowest BCUT2D eigenvalue weighted by atomic mass is 10.0. The predicted molar refractivity (Wildman–Crippen MR) is 134 cm³/mol. The molecule has 8 nitrogen and oxygen atoms in total. The van der Waals surface area contributed by atoms with Crippen molar-refractivity contribution in [3.63, 3.8) is 0 Å². The number of ether oxygens (including phenoxy) is 1. The summed E-state index contributed by atoms with van der Waals surface area (Å²) in [4.78, 5) is 38.6. The molecular weight excluding hydrogens is 430 g/mol. The van der Waals surface area contributed by atoms with Gasteiger partial charge in [0.05, 0.1) is 42.8 Å². The number of fused-ring (bicyclic) bond motifs is 1. The third-order valence-corrected chi connectivity index (χ3v) is 5.74. The molecular formula is C26H35N5O3. The second-order valence-electron chi connectivity index (χ2n) is 8.76. The lowest BCUT2D eigenvalue weighted by Gasteiger charge is -2.18. The summed E-state index contributed by atoms with van der Waals surface area (Å²) in [5.41, 5.74) is 2.33. The highest BCUT2D eigenvalue weighted by Crippen LogP contribution is 2.30. The molecule has 2 heterocycles. The van der Waals surface area contributed by atoms with E-state index in [2.05, 4.69) is 15.3 Å². The zero-order valence-corrected chi connectivity index (χ0v) is 20.6. The largest absolute Gasteiger partial charge is 0.496 e. The molecule has 3 rings (SSSR count). The van der Waals surface area contributed by atoms with Gasteiger partial charge in [-0.3, -0.25) is 9.59 Å². The van der Waals surface area contributed by atoms with Gasteiger partial charge in [0, 0.05) is 24.3 Å². The highest BCUT2D eigenvalue weighted by Gasteiger charge is 2.19. The maximum absolute atomic E-state index is 12.5. The van der Waals surface area contributed by atoms with Gasteiger partial charge >= 0.3 is 0 Å². The normalized spacial score (nSPS) is 12.1. The Morgan fingerprint density at radius 3 is 2.71 bits per heavy atom. The molecule has 0 saturated heterocycles. The first-order valence-corrected chi connectivity index (χ1v) is 11.9. The number of amides is 1. The molecule has 1 amide bonds. The van der Waals surface area contributed by atoms with Gasteiger partial charge in [-0.25, -0.2) is 9.97 Å². The van der Waals surface area contributed by atoms with Crippen molar-refractivity contribution in [3.05, 3.63) is 42.4 Å². The van der Waals surface area contributed by atoms with Gasteiger partial charge in [-0.05, 0) is 39.1 Å². The number of nitrogens with one attached hydrogen (secondary N) is 2. The Morgan fingerprint density at radius 2 is 1.97 bits per heavy atom. The number of benzene rings is 1. The van der Waals surface area contributed by atoms with E-state index in [1.807, 2.05) is 56.3 Å². The van der Waals surface area contributed by atoms with Crippen LogP contribution in [0.2, 0.25) is 0 Å². The van der Waals surface area contributed by atoms with E-state index in [0.29, 0.717) is 31.0 Å². The average molecular weight is 466 g/mol. The molecule has 0 bridgehead atoms. The molecule has 2 aromatic heterocycles. The third kappa shape index (κ3) is 6.87. The van der Waals surface area contributed by atoms with Crippen molar-refractivity contribution in [2.45, 2.75) is 51.5 Å². The summed E-state index contributed by atoms with van der Waals surface area (Å²) >= 11 is 0. The maximum atomic E-state index is 12.5. The maximum Gasteiger partial charge on any atom is 0.234 e. The molecule has 0 aliphatic rings. The number of unbranched alkanes of at least 4 members (excludes halogenated alkanes) is 2. The lowest BCUT2D eigenvalue weighted by molar-refractivity contribution is -0.122. The second-order valence-corrected chi connectivity index (χ2v) is 8.76. The molecule has 0 aliphatic carbocycles. The molecule has 0 fully saturated rings. The number of nitrogens with zero attached hydrogens (tertiary/aromatic N) is 3. The average Bonchev–Trinajstić information content (AvgIpc) is 3.32. The molecule has 8 heteroatoms. The standard InChI is InChI=1S/C26H35N5O3/c1-5-18(32)11-7-6-8-14-21(29-25(33)17-31(2)3)26-27-16-23(30-26)22-15-24(34-4)19-12-9-10-13-20(19)28-22/h9-10,12-13,15-16,21H,5-8,11,14,17H2,1-4H3,(H,27,30)(H,29,33)/t21-/m0/s1. The number of para-hydroxylation sites is 1. The molecule has 0 saturated carbocycles. The van der Waals surface area contributed by atoms with Gasteiger partial charge in [0.15, 0.2) is 0 Å². The predicted octanol–water partition coefficient (Wildman–Crippen LogP) is 4.28. The van der Waals surface area contributed by atoms with Crippen LogP contribution in [0.15, 0.2) is 36.5 Å². The topological polar surface area (TPSA) is 100 Å². The molecule has 1 aromatic carbocycles. The van der Waals surface area contributed by atoms with Crippen molar-refractivity contribution in [2.24, 2.45) is 0 Å². The smallest absolute Gasteiger partial charge is 0.234 e. The van der Waals surface area contributed by atoms with Crippen molar-refractivity contribution in [1.29, 1.82) is 0 Å². The van der Waals surface area contributed by atoms with Crippen LogP contribution in [-0.2, 0) is 9.59 Å². The molecule has 0 unspecified atom stereocenters. The van der Waals surface area contributed by atoms with Crippen LogP contribution in [0.25, 0.3) is 22.3 Å². The molecule has 3 aromatic rings. The second kappa shape index (κ2) is 12.3. The number of hydrogen-bond acceptors (Lipinski definition) is 6. The van der Waals surface area contributed by atoms with E-state index in [1.165, 1.54) is 0 Å². The number of Topliss-reactive ketones (excluding diaryl/α,β-unsaturated/α-hetero) is 1. The lowest BCUT2D eigenvalue weighted by Crippen LogP contribution is -2.36. The number of carbonyl (C=O) groups is 2. The summed E-state index contributed by atoms with van der Waals surface area (Å²) in [6.45, 7) is 2.20. The minimum atomic E-state index is -0.245. The van der Waals surface area contributed by atoms with Gasteiger partial charge < -0.3 is 19.9 Å².